The number of carbonyl (C=O) groups is 1. The average molecular weight is 366 g/mol. The summed E-state index contributed by atoms with van der Waals surface area (Å²) in [6.45, 7) is 0.526. The van der Waals surface area contributed by atoms with Gasteiger partial charge in [-0.2, -0.15) is 5.10 Å². The van der Waals surface area contributed by atoms with Crippen LogP contribution in [-0.2, 0) is 6.42 Å². The third-order valence-corrected chi connectivity index (χ3v) is 4.34. The second-order valence-electron chi connectivity index (χ2n) is 5.92. The normalized spacial score (nSPS) is 11.0. The Labute approximate surface area is 155 Å². The minimum atomic E-state index is -0.231. The van der Waals surface area contributed by atoms with Crippen molar-refractivity contribution in [2.45, 2.75) is 6.42 Å². The zero-order valence-corrected chi connectivity index (χ0v) is 14.6. The number of rotatable bonds is 5. The van der Waals surface area contributed by atoms with Crippen molar-refractivity contribution in [1.82, 2.24) is 15.1 Å². The minimum Gasteiger partial charge on any atom is -0.451 e. The van der Waals surface area contributed by atoms with Crippen molar-refractivity contribution in [3.8, 4) is 5.69 Å². The Bertz CT molecular complexity index is 1040. The predicted octanol–water partition coefficient (Wildman–Crippen LogP) is 4.24. The molecule has 5 nitrogen and oxygen atoms in total. The van der Waals surface area contributed by atoms with Gasteiger partial charge in [0.05, 0.1) is 5.69 Å². The van der Waals surface area contributed by atoms with Crippen LogP contribution in [0.1, 0.15) is 16.1 Å². The maximum absolute atomic E-state index is 12.2. The highest BCUT2D eigenvalue weighted by Crippen LogP contribution is 2.23. The fourth-order valence-electron chi connectivity index (χ4n) is 2.77. The number of halogens is 1. The molecule has 0 saturated carbocycles. The molecule has 0 atom stereocenters. The number of fused-ring (bicyclic) bond motifs is 1. The summed E-state index contributed by atoms with van der Waals surface area (Å²) in [7, 11) is 0. The molecule has 2 aromatic carbocycles. The zero-order chi connectivity index (χ0) is 17.9. The van der Waals surface area contributed by atoms with Crippen LogP contribution in [0.2, 0.25) is 5.02 Å². The molecule has 6 heteroatoms. The molecule has 4 aromatic rings. The second kappa shape index (κ2) is 7.06. The summed E-state index contributed by atoms with van der Waals surface area (Å²) in [5.74, 6) is 0.0572. The zero-order valence-electron chi connectivity index (χ0n) is 13.9. The maximum atomic E-state index is 12.2. The molecule has 0 saturated heterocycles. The molecular weight excluding hydrogens is 350 g/mol. The highest BCUT2D eigenvalue weighted by molar-refractivity contribution is 6.31. The van der Waals surface area contributed by atoms with Gasteiger partial charge in [0.25, 0.3) is 5.91 Å². The van der Waals surface area contributed by atoms with E-state index in [-0.39, 0.29) is 11.7 Å². The van der Waals surface area contributed by atoms with E-state index in [1.54, 1.807) is 35.1 Å². The van der Waals surface area contributed by atoms with E-state index in [2.05, 4.69) is 10.4 Å². The van der Waals surface area contributed by atoms with Gasteiger partial charge in [-0.3, -0.25) is 4.79 Å². The summed E-state index contributed by atoms with van der Waals surface area (Å²) in [6, 6.07) is 16.9. The van der Waals surface area contributed by atoms with Gasteiger partial charge in [0.2, 0.25) is 0 Å². The first-order valence-corrected chi connectivity index (χ1v) is 8.63. The monoisotopic (exact) mass is 365 g/mol. The van der Waals surface area contributed by atoms with E-state index in [1.807, 2.05) is 36.5 Å². The van der Waals surface area contributed by atoms with Crippen molar-refractivity contribution in [3.05, 3.63) is 83.3 Å². The Morgan fingerprint density at radius 3 is 2.77 bits per heavy atom. The summed E-state index contributed by atoms with van der Waals surface area (Å²) < 4.78 is 7.37. The smallest absolute Gasteiger partial charge is 0.287 e. The third kappa shape index (κ3) is 3.48. The minimum absolute atomic E-state index is 0.231. The topological polar surface area (TPSA) is 60.1 Å². The molecular formula is C20H16ClN3O2. The number of aromatic nitrogens is 2. The van der Waals surface area contributed by atoms with Gasteiger partial charge < -0.3 is 9.73 Å². The van der Waals surface area contributed by atoms with Gasteiger partial charge in [0.1, 0.15) is 5.58 Å². The van der Waals surface area contributed by atoms with Crippen LogP contribution in [0.3, 0.4) is 0 Å². The summed E-state index contributed by atoms with van der Waals surface area (Å²) in [5.41, 5.74) is 2.79. The van der Waals surface area contributed by atoms with Gasteiger partial charge in [0.15, 0.2) is 5.76 Å². The largest absolute Gasteiger partial charge is 0.451 e. The average Bonchev–Trinajstić information content (AvgIpc) is 3.31. The maximum Gasteiger partial charge on any atom is 0.287 e. The number of hydrogen-bond acceptors (Lipinski definition) is 3. The van der Waals surface area contributed by atoms with E-state index in [0.29, 0.717) is 17.2 Å². The number of nitrogens with one attached hydrogen (secondary N) is 1. The Hall–Kier alpha value is -3.05. The van der Waals surface area contributed by atoms with Crippen LogP contribution >= 0.6 is 11.6 Å². The van der Waals surface area contributed by atoms with Crippen LogP contribution in [0.25, 0.3) is 16.7 Å². The molecule has 4 rings (SSSR count). The van der Waals surface area contributed by atoms with Crippen molar-refractivity contribution in [2.75, 3.05) is 6.54 Å². The molecule has 0 radical (unpaired) electrons. The predicted molar refractivity (Wildman–Crippen MR) is 101 cm³/mol. The van der Waals surface area contributed by atoms with Gasteiger partial charge in [0, 0.05) is 29.3 Å². The highest BCUT2D eigenvalue weighted by atomic mass is 35.5. The van der Waals surface area contributed by atoms with Gasteiger partial charge in [-0.15, -0.1) is 0 Å². The highest BCUT2D eigenvalue weighted by Gasteiger charge is 2.12. The first-order chi connectivity index (χ1) is 12.7. The fourth-order valence-corrected chi connectivity index (χ4v) is 2.95. The lowest BCUT2D eigenvalue weighted by molar-refractivity contribution is 0.0928. The molecule has 1 N–H and O–H groups in total. The van der Waals surface area contributed by atoms with E-state index in [0.717, 1.165) is 23.1 Å². The van der Waals surface area contributed by atoms with Crippen LogP contribution in [0.5, 0.6) is 0 Å². The lowest BCUT2D eigenvalue weighted by Crippen LogP contribution is -2.25. The standard InChI is InChI=1S/C20H16ClN3O2/c21-16-4-7-18-15(12-16)13-19(26-18)20(25)22-10-8-14-2-5-17(6-3-14)24-11-1-9-23-24/h1-7,9,11-13H,8,10H2,(H,22,25). The molecule has 0 bridgehead atoms. The Kier molecular flexibility index (Phi) is 4.46. The Morgan fingerprint density at radius 1 is 1.15 bits per heavy atom. The molecule has 0 spiro atoms. The van der Waals surface area contributed by atoms with E-state index in [1.165, 1.54) is 0 Å². The van der Waals surface area contributed by atoms with Gasteiger partial charge in [-0.05, 0) is 54.4 Å². The fraction of sp³-hybridized carbons (Fsp3) is 0.100. The third-order valence-electron chi connectivity index (χ3n) is 4.11. The Morgan fingerprint density at radius 2 is 2.00 bits per heavy atom. The van der Waals surface area contributed by atoms with Gasteiger partial charge >= 0.3 is 0 Å². The summed E-state index contributed by atoms with van der Waals surface area (Å²) in [4.78, 5) is 12.2. The molecule has 0 aliphatic rings. The number of benzene rings is 2. The molecule has 2 heterocycles. The van der Waals surface area contributed by atoms with Crippen molar-refractivity contribution in [2.24, 2.45) is 0 Å². The van der Waals surface area contributed by atoms with Crippen molar-refractivity contribution < 1.29 is 9.21 Å². The SMILES string of the molecule is O=C(NCCc1ccc(-n2cccn2)cc1)c1cc2cc(Cl)ccc2o1. The van der Waals surface area contributed by atoms with Crippen molar-refractivity contribution >= 4 is 28.5 Å². The lowest BCUT2D eigenvalue weighted by Gasteiger charge is -2.05. The lowest BCUT2D eigenvalue weighted by atomic mass is 10.1. The number of hydrogen-bond donors (Lipinski definition) is 1. The molecule has 26 heavy (non-hydrogen) atoms. The Balaban J connectivity index is 1.35. The van der Waals surface area contributed by atoms with Gasteiger partial charge in [-0.1, -0.05) is 23.7 Å². The molecule has 0 aliphatic carbocycles. The molecule has 1 amide bonds. The number of amides is 1. The molecule has 0 aliphatic heterocycles. The summed E-state index contributed by atoms with van der Waals surface area (Å²) in [5, 5.41) is 8.51. The van der Waals surface area contributed by atoms with Crippen LogP contribution in [-0.4, -0.2) is 22.2 Å². The number of carbonyl (C=O) groups excluding carboxylic acids is 1. The van der Waals surface area contributed by atoms with Gasteiger partial charge in [-0.25, -0.2) is 4.68 Å². The van der Waals surface area contributed by atoms with E-state index in [4.69, 9.17) is 16.0 Å². The first kappa shape index (κ1) is 16.4. The van der Waals surface area contributed by atoms with E-state index in [9.17, 15) is 4.79 Å². The molecule has 2 aromatic heterocycles. The number of furan rings is 1. The van der Waals surface area contributed by atoms with E-state index < -0.39 is 0 Å². The number of nitrogens with zero attached hydrogens (tertiary/aromatic N) is 2. The van der Waals surface area contributed by atoms with Crippen molar-refractivity contribution in [1.29, 1.82) is 0 Å². The van der Waals surface area contributed by atoms with E-state index >= 15 is 0 Å². The molecule has 0 fully saturated rings. The van der Waals surface area contributed by atoms with Crippen molar-refractivity contribution in [3.63, 3.8) is 0 Å². The van der Waals surface area contributed by atoms with Crippen LogP contribution in [0, 0.1) is 0 Å². The summed E-state index contributed by atoms with van der Waals surface area (Å²) >= 11 is 5.96. The molecule has 0 unspecified atom stereocenters. The van der Waals surface area contributed by atoms with Crippen LogP contribution in [0.4, 0.5) is 0 Å². The second-order valence-corrected chi connectivity index (χ2v) is 6.35. The quantitative estimate of drug-likeness (QED) is 0.575. The van der Waals surface area contributed by atoms with Crippen LogP contribution in [0.15, 0.2) is 71.4 Å². The first-order valence-electron chi connectivity index (χ1n) is 8.25. The van der Waals surface area contributed by atoms with Crippen LogP contribution < -0.4 is 5.32 Å². The summed E-state index contributed by atoms with van der Waals surface area (Å²) in [6.07, 6.45) is 4.38. The molecule has 130 valence electrons.